The highest BCUT2D eigenvalue weighted by atomic mass is 16.5. The molecule has 29 heavy (non-hydrogen) atoms. The molecule has 1 N–H and O–H groups in total. The van der Waals surface area contributed by atoms with Crippen molar-refractivity contribution in [2.24, 2.45) is 0 Å². The molecule has 0 aliphatic heterocycles. The quantitative estimate of drug-likeness (QED) is 0.672. The van der Waals surface area contributed by atoms with E-state index in [1.807, 2.05) is 13.8 Å². The maximum absolute atomic E-state index is 13.2. The van der Waals surface area contributed by atoms with Crippen LogP contribution in [-0.4, -0.2) is 31.4 Å². The summed E-state index contributed by atoms with van der Waals surface area (Å²) < 4.78 is 22.1. The summed E-state index contributed by atoms with van der Waals surface area (Å²) in [5.41, 5.74) is 2.32. The van der Waals surface area contributed by atoms with Crippen LogP contribution >= 0.6 is 0 Å². The summed E-state index contributed by atoms with van der Waals surface area (Å²) in [6.07, 6.45) is -1.24. The van der Waals surface area contributed by atoms with E-state index in [1.54, 1.807) is 30.3 Å². The van der Waals surface area contributed by atoms with Crippen LogP contribution in [0.1, 0.15) is 18.1 Å². The largest absolute Gasteiger partial charge is 0.493 e. The van der Waals surface area contributed by atoms with Crippen molar-refractivity contribution >= 4 is 16.9 Å². The van der Waals surface area contributed by atoms with Gasteiger partial charge in [-0.2, -0.15) is 0 Å². The minimum atomic E-state index is -1.24. The normalized spacial score (nSPS) is 11.9. The molecule has 0 aliphatic rings. The van der Waals surface area contributed by atoms with E-state index in [9.17, 15) is 14.7 Å². The Morgan fingerprint density at radius 1 is 1.03 bits per heavy atom. The first-order chi connectivity index (χ1) is 13.8. The van der Waals surface area contributed by atoms with Crippen LogP contribution in [0.4, 0.5) is 0 Å². The maximum atomic E-state index is 13.2. The summed E-state index contributed by atoms with van der Waals surface area (Å²) in [6.45, 7) is 5.16. The molecule has 3 aromatic rings. The van der Waals surface area contributed by atoms with Crippen LogP contribution in [0, 0.1) is 13.8 Å². The molecule has 2 aromatic carbocycles. The van der Waals surface area contributed by atoms with E-state index in [0.29, 0.717) is 28.0 Å². The molecule has 0 radical (unpaired) electrons. The average Bonchev–Trinajstić information content (AvgIpc) is 2.70. The van der Waals surface area contributed by atoms with Crippen molar-refractivity contribution in [1.29, 1.82) is 0 Å². The van der Waals surface area contributed by atoms with Gasteiger partial charge in [-0.3, -0.25) is 4.79 Å². The zero-order valence-electron chi connectivity index (χ0n) is 16.9. The molecule has 0 saturated carbocycles. The highest BCUT2D eigenvalue weighted by Crippen LogP contribution is 2.37. The molecule has 152 valence electrons. The number of rotatable bonds is 6. The molecule has 0 amide bonds. The number of carboxylic acid groups (broad SMARTS) is 1. The fourth-order valence-electron chi connectivity index (χ4n) is 2.94. The van der Waals surface area contributed by atoms with E-state index in [-0.39, 0.29) is 11.5 Å². The summed E-state index contributed by atoms with van der Waals surface area (Å²) in [5.74, 6) is -0.289. The first-order valence-electron chi connectivity index (χ1n) is 8.96. The molecule has 0 bridgehead atoms. The minimum absolute atomic E-state index is 0.125. The van der Waals surface area contributed by atoms with Crippen LogP contribution in [0.3, 0.4) is 0 Å². The van der Waals surface area contributed by atoms with Gasteiger partial charge >= 0.3 is 5.97 Å². The van der Waals surface area contributed by atoms with Crippen molar-refractivity contribution in [2.75, 3.05) is 14.2 Å². The summed E-state index contributed by atoms with van der Waals surface area (Å²) >= 11 is 0. The number of hydrogen-bond donors (Lipinski definition) is 1. The average molecular weight is 398 g/mol. The number of aryl methyl sites for hydroxylation is 2. The number of ether oxygens (including phenoxy) is 3. The zero-order valence-corrected chi connectivity index (χ0v) is 16.9. The molecular formula is C22H22O7. The summed E-state index contributed by atoms with van der Waals surface area (Å²) in [7, 11) is 3.01. The van der Waals surface area contributed by atoms with Gasteiger partial charge in [0, 0.05) is 5.56 Å². The molecule has 1 heterocycles. The van der Waals surface area contributed by atoms with Crippen molar-refractivity contribution < 1.29 is 28.5 Å². The van der Waals surface area contributed by atoms with E-state index < -0.39 is 17.5 Å². The van der Waals surface area contributed by atoms with Crippen LogP contribution in [0.5, 0.6) is 17.2 Å². The Bertz CT molecular complexity index is 1140. The molecule has 1 atom stereocenters. The van der Waals surface area contributed by atoms with Crippen LogP contribution in [0.2, 0.25) is 0 Å². The number of carbonyl (C=O) groups is 1. The van der Waals surface area contributed by atoms with Gasteiger partial charge in [0.05, 0.1) is 19.6 Å². The van der Waals surface area contributed by atoms with Gasteiger partial charge in [-0.25, -0.2) is 4.79 Å². The summed E-state index contributed by atoms with van der Waals surface area (Å²) in [6, 6.07) is 8.49. The molecule has 1 aromatic heterocycles. The second-order valence-corrected chi connectivity index (χ2v) is 6.69. The first-order valence-corrected chi connectivity index (χ1v) is 8.96. The lowest BCUT2D eigenvalue weighted by Crippen LogP contribution is -2.26. The van der Waals surface area contributed by atoms with Gasteiger partial charge in [0.25, 0.3) is 0 Å². The van der Waals surface area contributed by atoms with Gasteiger partial charge in [0.2, 0.25) is 11.2 Å². The third-order valence-electron chi connectivity index (χ3n) is 4.75. The number of hydrogen-bond acceptors (Lipinski definition) is 6. The number of aliphatic carboxylic acids is 1. The van der Waals surface area contributed by atoms with E-state index in [1.165, 1.54) is 21.1 Å². The Hall–Kier alpha value is -3.48. The highest BCUT2D eigenvalue weighted by Gasteiger charge is 2.23. The fraction of sp³-hybridized carbons (Fsp3) is 0.273. The molecule has 0 fully saturated rings. The Labute approximate surface area is 167 Å². The first kappa shape index (κ1) is 20.3. The van der Waals surface area contributed by atoms with Crippen molar-refractivity contribution in [3.8, 4) is 28.6 Å². The third-order valence-corrected chi connectivity index (χ3v) is 4.75. The van der Waals surface area contributed by atoms with E-state index >= 15 is 0 Å². The molecule has 0 aliphatic carbocycles. The minimum Gasteiger partial charge on any atom is -0.493 e. The Morgan fingerprint density at radius 2 is 1.69 bits per heavy atom. The Balaban J connectivity index is 2.32. The van der Waals surface area contributed by atoms with Gasteiger partial charge in [-0.05, 0) is 62.2 Å². The van der Waals surface area contributed by atoms with E-state index in [0.717, 1.165) is 11.1 Å². The Morgan fingerprint density at radius 3 is 2.31 bits per heavy atom. The third kappa shape index (κ3) is 3.76. The van der Waals surface area contributed by atoms with Gasteiger partial charge in [-0.1, -0.05) is 0 Å². The fourth-order valence-corrected chi connectivity index (χ4v) is 2.94. The van der Waals surface area contributed by atoms with Crippen LogP contribution in [0.15, 0.2) is 39.5 Å². The SMILES string of the molecule is COc1ccc(-c2oc3cc(C)c(C)cc3c(=O)c2O[C@H](C)C(=O)O)cc1OC. The molecule has 0 spiro atoms. The van der Waals surface area contributed by atoms with E-state index in [4.69, 9.17) is 18.6 Å². The Kier molecular flexibility index (Phi) is 5.50. The second kappa shape index (κ2) is 7.87. The van der Waals surface area contributed by atoms with Crippen LogP contribution < -0.4 is 19.6 Å². The van der Waals surface area contributed by atoms with Crippen LogP contribution in [0.25, 0.3) is 22.3 Å². The van der Waals surface area contributed by atoms with Gasteiger partial charge in [0.1, 0.15) is 5.58 Å². The van der Waals surface area contributed by atoms with Crippen molar-refractivity contribution in [3.63, 3.8) is 0 Å². The number of carboxylic acids is 1. The summed E-state index contributed by atoms with van der Waals surface area (Å²) in [4.78, 5) is 24.5. The summed E-state index contributed by atoms with van der Waals surface area (Å²) in [5, 5.41) is 9.57. The van der Waals surface area contributed by atoms with Crippen molar-refractivity contribution in [2.45, 2.75) is 26.9 Å². The smallest absolute Gasteiger partial charge is 0.344 e. The molecule has 0 unspecified atom stereocenters. The van der Waals surface area contributed by atoms with Gasteiger partial charge < -0.3 is 23.7 Å². The number of benzene rings is 2. The van der Waals surface area contributed by atoms with E-state index in [2.05, 4.69) is 0 Å². The molecular weight excluding hydrogens is 376 g/mol. The second-order valence-electron chi connectivity index (χ2n) is 6.69. The molecule has 7 nitrogen and oxygen atoms in total. The maximum Gasteiger partial charge on any atom is 0.344 e. The predicted octanol–water partition coefficient (Wildman–Crippen LogP) is 3.95. The zero-order chi connectivity index (χ0) is 21.3. The topological polar surface area (TPSA) is 95.2 Å². The molecule has 0 saturated heterocycles. The van der Waals surface area contributed by atoms with Gasteiger partial charge in [-0.15, -0.1) is 0 Å². The van der Waals surface area contributed by atoms with Crippen molar-refractivity contribution in [1.82, 2.24) is 0 Å². The lowest BCUT2D eigenvalue weighted by molar-refractivity contribution is -0.144. The standard InChI is InChI=1S/C22H22O7/c1-11-8-15-17(9-12(11)2)29-20(21(19(15)23)28-13(3)22(24)25)14-6-7-16(26-4)18(10-14)27-5/h6-10,13H,1-5H3,(H,24,25)/t13-/m1/s1. The highest BCUT2D eigenvalue weighted by molar-refractivity contribution is 5.84. The van der Waals surface area contributed by atoms with Crippen molar-refractivity contribution in [3.05, 3.63) is 51.7 Å². The molecule has 7 heteroatoms. The predicted molar refractivity (Wildman–Crippen MR) is 108 cm³/mol. The number of fused-ring (bicyclic) bond motifs is 1. The lowest BCUT2D eigenvalue weighted by atomic mass is 10.0. The van der Waals surface area contributed by atoms with Crippen LogP contribution in [-0.2, 0) is 4.79 Å². The number of methoxy groups -OCH3 is 2. The van der Waals surface area contributed by atoms with Gasteiger partial charge in [0.15, 0.2) is 23.4 Å². The lowest BCUT2D eigenvalue weighted by Gasteiger charge is -2.16. The monoisotopic (exact) mass is 398 g/mol. The molecule has 3 rings (SSSR count).